The zero-order valence-electron chi connectivity index (χ0n) is 10.1. The van der Waals surface area contributed by atoms with E-state index in [0.29, 0.717) is 11.5 Å². The highest BCUT2D eigenvalue weighted by Crippen LogP contribution is 2.31. The number of rotatable bonds is 1. The van der Waals surface area contributed by atoms with Gasteiger partial charge in [-0.05, 0) is 25.7 Å². The lowest BCUT2D eigenvalue weighted by Crippen LogP contribution is -2.42. The Morgan fingerprint density at radius 1 is 1.29 bits per heavy atom. The molecule has 1 fully saturated rings. The highest BCUT2D eigenvalue weighted by molar-refractivity contribution is 6.30. The Hall–Kier alpha value is -1.03. The molecule has 5 heteroatoms. The molecule has 1 aliphatic carbocycles. The fraction of sp³-hybridized carbons (Fsp3) is 0.667. The Balaban J connectivity index is 2.55. The summed E-state index contributed by atoms with van der Waals surface area (Å²) in [6, 6.07) is 0.0102. The Labute approximate surface area is 105 Å². The van der Waals surface area contributed by atoms with Crippen LogP contribution in [0.25, 0.3) is 0 Å². The Morgan fingerprint density at radius 2 is 1.94 bits per heavy atom. The van der Waals surface area contributed by atoms with Crippen molar-refractivity contribution in [3.8, 4) is 0 Å². The first-order chi connectivity index (χ1) is 8.02. The third-order valence-corrected chi connectivity index (χ3v) is 4.08. The predicted octanol–water partition coefficient (Wildman–Crippen LogP) is 2.25. The lowest BCUT2D eigenvalue weighted by molar-refractivity contribution is 0.245. The van der Waals surface area contributed by atoms with Crippen LogP contribution >= 0.6 is 11.6 Å². The van der Waals surface area contributed by atoms with Crippen LogP contribution in [0.4, 0.5) is 0 Å². The van der Waals surface area contributed by atoms with E-state index in [1.807, 2.05) is 0 Å². The number of nitrogens with zero attached hydrogens (tertiary/aromatic N) is 1. The molecule has 1 aromatic rings. The highest BCUT2D eigenvalue weighted by Gasteiger charge is 2.26. The maximum absolute atomic E-state index is 12.1. The summed E-state index contributed by atoms with van der Waals surface area (Å²) in [6.45, 7) is 3.74. The van der Waals surface area contributed by atoms with Gasteiger partial charge in [-0.2, -0.15) is 0 Å². The van der Waals surface area contributed by atoms with Crippen LogP contribution in [0.2, 0.25) is 5.15 Å². The Bertz CT molecular complexity index is 532. The van der Waals surface area contributed by atoms with Crippen molar-refractivity contribution in [3.63, 3.8) is 0 Å². The van der Waals surface area contributed by atoms with Crippen molar-refractivity contribution in [2.45, 2.75) is 45.6 Å². The van der Waals surface area contributed by atoms with E-state index in [1.165, 1.54) is 11.0 Å². The van der Waals surface area contributed by atoms with Gasteiger partial charge in [-0.1, -0.05) is 31.4 Å². The second-order valence-corrected chi connectivity index (χ2v) is 5.25. The smallest absolute Gasteiger partial charge is 0.297 e. The van der Waals surface area contributed by atoms with Crippen molar-refractivity contribution in [2.24, 2.45) is 5.92 Å². The van der Waals surface area contributed by atoms with Crippen LogP contribution in [0.15, 0.2) is 9.59 Å². The molecule has 94 valence electrons. The first kappa shape index (κ1) is 12.4. The number of aromatic amines is 1. The molecule has 0 amide bonds. The van der Waals surface area contributed by atoms with Gasteiger partial charge in [-0.25, -0.2) is 4.79 Å². The molecule has 0 spiro atoms. The Morgan fingerprint density at radius 3 is 2.59 bits per heavy atom. The number of nitrogens with one attached hydrogen (secondary N) is 1. The largest absolute Gasteiger partial charge is 0.329 e. The van der Waals surface area contributed by atoms with Crippen molar-refractivity contribution in [1.29, 1.82) is 0 Å². The number of halogens is 1. The van der Waals surface area contributed by atoms with Gasteiger partial charge in [-0.3, -0.25) is 14.3 Å². The van der Waals surface area contributed by atoms with Gasteiger partial charge < -0.3 is 0 Å². The van der Waals surface area contributed by atoms with Gasteiger partial charge in [0.25, 0.3) is 5.56 Å². The minimum Gasteiger partial charge on any atom is -0.297 e. The third-order valence-electron chi connectivity index (χ3n) is 3.70. The van der Waals surface area contributed by atoms with Crippen molar-refractivity contribution in [2.75, 3.05) is 0 Å². The third kappa shape index (κ3) is 2.18. The maximum Gasteiger partial charge on any atom is 0.329 e. The molecule has 17 heavy (non-hydrogen) atoms. The minimum atomic E-state index is -0.385. The van der Waals surface area contributed by atoms with Crippen LogP contribution in [0.5, 0.6) is 0 Å². The number of H-pyrrole nitrogens is 1. The van der Waals surface area contributed by atoms with E-state index in [9.17, 15) is 9.59 Å². The molecule has 0 radical (unpaired) electrons. The summed E-state index contributed by atoms with van der Waals surface area (Å²) in [6.07, 6.45) is 4.21. The normalized spacial score (nSPS) is 24.9. The van der Waals surface area contributed by atoms with Crippen molar-refractivity contribution in [3.05, 3.63) is 31.6 Å². The van der Waals surface area contributed by atoms with Crippen LogP contribution in [-0.4, -0.2) is 9.55 Å². The summed E-state index contributed by atoms with van der Waals surface area (Å²) in [7, 11) is 0. The molecule has 4 nitrogen and oxygen atoms in total. The zero-order valence-corrected chi connectivity index (χ0v) is 10.9. The topological polar surface area (TPSA) is 54.9 Å². The highest BCUT2D eigenvalue weighted by atomic mass is 35.5. The van der Waals surface area contributed by atoms with E-state index >= 15 is 0 Å². The van der Waals surface area contributed by atoms with Gasteiger partial charge >= 0.3 is 5.69 Å². The molecule has 0 saturated heterocycles. The summed E-state index contributed by atoms with van der Waals surface area (Å²) in [5.41, 5.74) is -0.217. The maximum atomic E-state index is 12.1. The molecule has 1 saturated carbocycles. The quantitative estimate of drug-likeness (QED) is 0.784. The molecular formula is C12H17ClN2O2. The van der Waals surface area contributed by atoms with Gasteiger partial charge in [0.2, 0.25) is 0 Å². The lowest BCUT2D eigenvalue weighted by Gasteiger charge is -2.29. The van der Waals surface area contributed by atoms with Crippen LogP contribution in [0.1, 0.15) is 44.2 Å². The van der Waals surface area contributed by atoms with Gasteiger partial charge in [0.1, 0.15) is 5.15 Å². The fourth-order valence-corrected chi connectivity index (χ4v) is 2.76. The molecular weight excluding hydrogens is 240 g/mol. The predicted molar refractivity (Wildman–Crippen MR) is 67.7 cm³/mol. The molecule has 1 heterocycles. The van der Waals surface area contributed by atoms with E-state index in [0.717, 1.165) is 19.3 Å². The summed E-state index contributed by atoms with van der Waals surface area (Å²) in [4.78, 5) is 26.5. The Kier molecular flexibility index (Phi) is 3.43. The van der Waals surface area contributed by atoms with E-state index < -0.39 is 0 Å². The fourth-order valence-electron chi connectivity index (χ4n) is 2.60. The summed E-state index contributed by atoms with van der Waals surface area (Å²) < 4.78 is 1.35. The number of hydrogen-bond acceptors (Lipinski definition) is 2. The van der Waals surface area contributed by atoms with Crippen LogP contribution in [0.3, 0.4) is 0 Å². The van der Waals surface area contributed by atoms with E-state index in [1.54, 1.807) is 6.92 Å². The summed E-state index contributed by atoms with van der Waals surface area (Å²) in [5, 5.41) is 0.153. The summed E-state index contributed by atoms with van der Waals surface area (Å²) in [5.74, 6) is 0.364. The SMILES string of the molecule is Cc1c(Cl)[nH]c(=O)n(C2CCCCC2C)c1=O. The molecule has 1 aliphatic rings. The molecule has 1 aromatic heterocycles. The second kappa shape index (κ2) is 4.69. The minimum absolute atomic E-state index is 0.0102. The van der Waals surface area contributed by atoms with Gasteiger partial charge in [0, 0.05) is 11.6 Å². The average Bonchev–Trinajstić information content (AvgIpc) is 2.29. The monoisotopic (exact) mass is 256 g/mol. The van der Waals surface area contributed by atoms with Crippen LogP contribution in [0, 0.1) is 12.8 Å². The molecule has 2 atom stereocenters. The van der Waals surface area contributed by atoms with E-state index in [-0.39, 0.29) is 22.4 Å². The molecule has 0 aliphatic heterocycles. The van der Waals surface area contributed by atoms with Gasteiger partial charge in [0.15, 0.2) is 0 Å². The molecule has 1 N–H and O–H groups in total. The number of aromatic nitrogens is 2. The molecule has 2 unspecified atom stereocenters. The van der Waals surface area contributed by atoms with Crippen LogP contribution in [-0.2, 0) is 0 Å². The molecule has 0 bridgehead atoms. The first-order valence-electron chi connectivity index (χ1n) is 6.03. The number of hydrogen-bond donors (Lipinski definition) is 1. The molecule has 0 aromatic carbocycles. The second-order valence-electron chi connectivity index (χ2n) is 4.87. The lowest BCUT2D eigenvalue weighted by atomic mass is 9.86. The summed E-state index contributed by atoms with van der Waals surface area (Å²) >= 11 is 5.80. The average molecular weight is 257 g/mol. The van der Waals surface area contributed by atoms with Crippen LogP contribution < -0.4 is 11.2 Å². The van der Waals surface area contributed by atoms with Gasteiger partial charge in [0.05, 0.1) is 0 Å². The van der Waals surface area contributed by atoms with Crippen molar-refractivity contribution in [1.82, 2.24) is 9.55 Å². The standard InChI is InChI=1S/C12H17ClN2O2/c1-7-5-3-4-6-9(7)15-11(16)8(2)10(13)14-12(15)17/h7,9H,3-6H2,1-2H3,(H,14,17). The first-order valence-corrected chi connectivity index (χ1v) is 6.41. The van der Waals surface area contributed by atoms with Gasteiger partial charge in [-0.15, -0.1) is 0 Å². The molecule has 2 rings (SSSR count). The van der Waals surface area contributed by atoms with Crippen molar-refractivity contribution >= 4 is 11.6 Å². The van der Waals surface area contributed by atoms with E-state index in [4.69, 9.17) is 11.6 Å². The van der Waals surface area contributed by atoms with Crippen molar-refractivity contribution < 1.29 is 0 Å². The zero-order chi connectivity index (χ0) is 12.6. The van der Waals surface area contributed by atoms with E-state index in [2.05, 4.69) is 11.9 Å².